The molecule has 0 atom stereocenters. The largest absolute Gasteiger partial charge is 2.00 e. The van der Waals surface area contributed by atoms with Crippen molar-refractivity contribution < 1.29 is 42.2 Å². The number of hydrogen-bond acceptors (Lipinski definition) is 7. The summed E-state index contributed by atoms with van der Waals surface area (Å²) in [5.41, 5.74) is 14.5. The van der Waals surface area contributed by atoms with Gasteiger partial charge in [0.05, 0.1) is 45.6 Å². The number of hydrogen-bond donors (Lipinski definition) is 0. The number of aliphatic imine (C=N–C) groups is 4. The maximum Gasteiger partial charge on any atom is 2.00 e. The molecule has 0 aliphatic rings. The Morgan fingerprint density at radius 2 is 0.681 bits per heavy atom. The van der Waals surface area contributed by atoms with Crippen molar-refractivity contribution in [1.29, 1.82) is 0 Å². The Morgan fingerprint density at radius 3 is 0.875 bits per heavy atom. The van der Waals surface area contributed by atoms with E-state index in [0.29, 0.717) is 35.0 Å². The first-order valence-electron chi connectivity index (χ1n) is 26.3. The molecule has 4 aromatic rings. The summed E-state index contributed by atoms with van der Waals surface area (Å²) in [6, 6.07) is 20.9. The average molecular weight is 1080 g/mol. The molecule has 0 aliphatic heterocycles. The molecule has 0 amide bonds. The topological polar surface area (TPSA) is 105 Å². The van der Waals surface area contributed by atoms with Crippen LogP contribution in [0.15, 0.2) is 80.6 Å². The van der Waals surface area contributed by atoms with Gasteiger partial charge in [-0.05, 0) is 144 Å². The summed E-state index contributed by atoms with van der Waals surface area (Å²) < 4.78 is 4.83. The second kappa shape index (κ2) is 27.5. The smallest absolute Gasteiger partial charge is 0.871 e. The molecule has 7 nitrogen and oxygen atoms in total. The fraction of sp³-hybridized carbons (Fsp3) is 0.562. The Bertz CT molecular complexity index is 2300. The van der Waals surface area contributed by atoms with Gasteiger partial charge in [-0.25, -0.2) is 0 Å². The summed E-state index contributed by atoms with van der Waals surface area (Å²) in [6.07, 6.45) is 0. The predicted molar refractivity (Wildman–Crippen MR) is 309 cm³/mol. The Balaban J connectivity index is 0.000000649. The molecule has 0 saturated heterocycles. The number of benzene rings is 4. The maximum atomic E-state index is 13.4. The summed E-state index contributed by atoms with van der Waals surface area (Å²) in [7, 11) is 0. The first-order chi connectivity index (χ1) is 32.5. The van der Waals surface area contributed by atoms with Gasteiger partial charge in [-0.15, -0.1) is 0 Å². The molecule has 0 fully saturated rings. The zero-order valence-electron chi connectivity index (χ0n) is 50.2. The van der Waals surface area contributed by atoms with Crippen LogP contribution in [0, 0.1) is 0 Å². The maximum absolute atomic E-state index is 13.4. The molecule has 0 unspecified atom stereocenters. The Hall–Kier alpha value is -3.96. The van der Waals surface area contributed by atoms with E-state index < -0.39 is 0 Å². The van der Waals surface area contributed by atoms with Crippen LogP contribution < -0.4 is 10.2 Å². The molecule has 0 saturated carbocycles. The van der Waals surface area contributed by atoms with Crippen molar-refractivity contribution >= 4 is 45.6 Å². The molecule has 0 spiro atoms. The van der Waals surface area contributed by atoms with E-state index in [2.05, 4.69) is 187 Å². The summed E-state index contributed by atoms with van der Waals surface area (Å²) >= 11 is 0. The molecule has 392 valence electrons. The number of rotatable bonds is 12. The second-order valence-electron chi connectivity index (χ2n) is 24.5. The predicted octanol–water partition coefficient (Wildman–Crippen LogP) is 18.0. The summed E-state index contributed by atoms with van der Waals surface area (Å²) in [5.74, 6) is 1.51. The molecule has 8 heteroatoms. The van der Waals surface area contributed by atoms with Crippen molar-refractivity contribution in [2.75, 3.05) is 13.2 Å². The molecule has 0 radical (unpaired) electrons. The third-order valence-corrected chi connectivity index (χ3v) is 12.8. The first kappa shape index (κ1) is 66.1. The van der Waals surface area contributed by atoms with Crippen LogP contribution in [0.4, 0.5) is 22.7 Å². The molecule has 0 aromatic heterocycles. The van der Waals surface area contributed by atoms with Gasteiger partial charge in [-0.3, -0.25) is 20.0 Å². The molecule has 0 aliphatic carbocycles. The third kappa shape index (κ3) is 18.8. The van der Waals surface area contributed by atoms with Gasteiger partial charge < -0.3 is 14.9 Å². The van der Waals surface area contributed by atoms with E-state index in [-0.39, 0.29) is 60.5 Å². The van der Waals surface area contributed by atoms with Gasteiger partial charge in [0.15, 0.2) is 0 Å². The molecular weight excluding hydrogens is 985 g/mol. The Morgan fingerprint density at radius 1 is 0.431 bits per heavy atom. The van der Waals surface area contributed by atoms with Crippen molar-refractivity contribution in [1.82, 2.24) is 0 Å². The van der Waals surface area contributed by atoms with Gasteiger partial charge in [-0.1, -0.05) is 199 Å². The number of para-hydroxylation sites is 2. The van der Waals surface area contributed by atoms with Gasteiger partial charge in [0.25, 0.3) is 0 Å². The zero-order chi connectivity index (χ0) is 54.7. The standard InChI is InChI=1S/2C30H44N2O.C4H10O.Cd/c2*1-18(2)23-14-13-15-24(19(3)4)27(23)32-21(6)20(5)31-26-17-22(29(7,8)9)16-25(28(26)33)30(10,11)12;1-3-5-4-2;/h2*13-19,33H,1-12H3;3-4H2,1-2H3;/q;;;+2/p-2. The van der Waals surface area contributed by atoms with Gasteiger partial charge in [-0.2, -0.15) is 0 Å². The van der Waals surface area contributed by atoms with Crippen LogP contribution in [-0.4, -0.2) is 36.1 Å². The molecule has 72 heavy (non-hydrogen) atoms. The normalized spacial score (nSPS) is 13.3. The third-order valence-electron chi connectivity index (χ3n) is 12.8. The SMILES string of the molecule is CC(=Nc1cc(C(C)(C)C)cc(C(C)(C)C)c1[O-])C(C)=Nc1c(C(C)C)cccc1C(C)C.CC(=Nc1cc(C(C)(C)C)cc(C(C)(C)C)c1[O-])C(C)=Nc1c(C(C)C)cccc1C(C)C.CCOCC.[Cd+2]. The summed E-state index contributed by atoms with van der Waals surface area (Å²) in [5, 5.41) is 26.7. The minimum Gasteiger partial charge on any atom is -0.871 e. The van der Waals surface area contributed by atoms with Crippen LogP contribution in [0.3, 0.4) is 0 Å². The Labute approximate surface area is 460 Å². The molecule has 4 rings (SSSR count). The Kier molecular flexibility index (Phi) is 25.3. The van der Waals surface area contributed by atoms with Crippen molar-refractivity contribution in [2.24, 2.45) is 20.0 Å². The molecule has 0 N–H and O–H groups in total. The minimum atomic E-state index is -0.248. The van der Waals surface area contributed by atoms with Crippen LogP contribution >= 0.6 is 0 Å². The van der Waals surface area contributed by atoms with Crippen molar-refractivity contribution in [3.63, 3.8) is 0 Å². The number of nitrogens with zero attached hydrogens (tertiary/aromatic N) is 4. The van der Waals surface area contributed by atoms with Crippen LogP contribution in [0.25, 0.3) is 0 Å². The van der Waals surface area contributed by atoms with Crippen LogP contribution in [-0.2, 0) is 53.7 Å². The first-order valence-corrected chi connectivity index (χ1v) is 26.3. The quantitative estimate of drug-likeness (QED) is 0.104. The zero-order valence-corrected chi connectivity index (χ0v) is 54.3. The van der Waals surface area contributed by atoms with Gasteiger partial charge in [0.2, 0.25) is 0 Å². The van der Waals surface area contributed by atoms with Crippen LogP contribution in [0.5, 0.6) is 11.5 Å². The van der Waals surface area contributed by atoms with E-state index >= 15 is 0 Å². The van der Waals surface area contributed by atoms with Crippen LogP contribution in [0.1, 0.15) is 248 Å². The monoisotopic (exact) mass is 1080 g/mol. The summed E-state index contributed by atoms with van der Waals surface area (Å²) in [6.45, 7) is 56.6. The minimum absolute atomic E-state index is 0. The van der Waals surface area contributed by atoms with E-state index in [1.807, 2.05) is 53.7 Å². The average Bonchev–Trinajstić information content (AvgIpc) is 3.23. The molecule has 0 heterocycles. The van der Waals surface area contributed by atoms with E-state index in [4.69, 9.17) is 24.7 Å². The molecule has 0 bridgehead atoms. The van der Waals surface area contributed by atoms with Crippen LogP contribution in [0.2, 0.25) is 0 Å². The second-order valence-corrected chi connectivity index (χ2v) is 24.5. The van der Waals surface area contributed by atoms with Crippen molar-refractivity contribution in [2.45, 2.75) is 225 Å². The van der Waals surface area contributed by atoms with Gasteiger partial charge >= 0.3 is 27.3 Å². The van der Waals surface area contributed by atoms with E-state index in [1.165, 1.54) is 22.3 Å². The van der Waals surface area contributed by atoms with Gasteiger partial charge in [0, 0.05) is 13.2 Å². The van der Waals surface area contributed by atoms with E-state index in [0.717, 1.165) is 69.7 Å². The number of ether oxygens (including phenoxy) is 1. The van der Waals surface area contributed by atoms with Crippen molar-refractivity contribution in [3.8, 4) is 11.5 Å². The van der Waals surface area contributed by atoms with E-state index in [1.54, 1.807) is 0 Å². The molecular formula is C64H96CdN4O3. The fourth-order valence-corrected chi connectivity index (χ4v) is 7.88. The van der Waals surface area contributed by atoms with Gasteiger partial charge in [0.1, 0.15) is 0 Å². The fourth-order valence-electron chi connectivity index (χ4n) is 7.88. The summed E-state index contributed by atoms with van der Waals surface area (Å²) in [4.78, 5) is 19.8. The van der Waals surface area contributed by atoms with Crippen molar-refractivity contribution in [3.05, 3.63) is 105 Å². The molecule has 4 aromatic carbocycles. The van der Waals surface area contributed by atoms with E-state index in [9.17, 15) is 10.2 Å².